The lowest BCUT2D eigenvalue weighted by Crippen LogP contribution is -2.20. The Balaban J connectivity index is 2.31. The number of nitrogens with one attached hydrogen (secondary N) is 1. The highest BCUT2D eigenvalue weighted by Crippen LogP contribution is 2.14. The van der Waals surface area contributed by atoms with Gasteiger partial charge in [-0.25, -0.2) is 0 Å². The van der Waals surface area contributed by atoms with E-state index in [1.807, 2.05) is 25.1 Å². The van der Waals surface area contributed by atoms with Crippen LogP contribution in [0.25, 0.3) is 0 Å². The fraction of sp³-hybridized carbons (Fsp3) is 0.462. The van der Waals surface area contributed by atoms with Gasteiger partial charge < -0.3 is 10.1 Å². The van der Waals surface area contributed by atoms with Crippen LogP contribution in [-0.4, -0.2) is 25.3 Å². The van der Waals surface area contributed by atoms with E-state index in [0.29, 0.717) is 5.69 Å². The van der Waals surface area contributed by atoms with Crippen LogP contribution in [0.2, 0.25) is 0 Å². The number of rotatable bonds is 6. The lowest BCUT2D eigenvalue weighted by Gasteiger charge is -2.08. The second-order valence-corrected chi connectivity index (χ2v) is 4.02. The first-order chi connectivity index (χ1) is 8.90. The molecule has 3 nitrogen and oxygen atoms in total. The molecule has 0 saturated carbocycles. The minimum Gasteiger partial charge on any atom is -0.372 e. The molecule has 0 aliphatic heterocycles. The molecule has 0 heterocycles. The molecule has 6 heteroatoms. The van der Waals surface area contributed by atoms with E-state index < -0.39 is 12.8 Å². The van der Waals surface area contributed by atoms with Crippen molar-refractivity contribution in [1.29, 1.82) is 0 Å². The van der Waals surface area contributed by atoms with Crippen molar-refractivity contribution >= 4 is 11.6 Å². The first-order valence-corrected chi connectivity index (χ1v) is 5.94. The van der Waals surface area contributed by atoms with Gasteiger partial charge in [-0.2, -0.15) is 13.2 Å². The van der Waals surface area contributed by atoms with Crippen LogP contribution in [0.5, 0.6) is 0 Å². The summed E-state index contributed by atoms with van der Waals surface area (Å²) in [6.45, 7) is 0.413. The molecule has 19 heavy (non-hydrogen) atoms. The van der Waals surface area contributed by atoms with Crippen LogP contribution in [0.15, 0.2) is 24.3 Å². The zero-order valence-corrected chi connectivity index (χ0v) is 10.6. The molecule has 1 aromatic carbocycles. The summed E-state index contributed by atoms with van der Waals surface area (Å²) in [6, 6.07) is 7.30. The lowest BCUT2D eigenvalue weighted by atomic mass is 10.1. The minimum atomic E-state index is -4.36. The molecule has 1 aromatic rings. The van der Waals surface area contributed by atoms with E-state index >= 15 is 0 Å². The molecule has 1 rings (SSSR count). The number of benzene rings is 1. The molecule has 0 fully saturated rings. The van der Waals surface area contributed by atoms with Crippen LogP contribution < -0.4 is 5.32 Å². The third kappa shape index (κ3) is 6.81. The largest absolute Gasteiger partial charge is 0.411 e. The third-order valence-corrected chi connectivity index (χ3v) is 2.36. The summed E-state index contributed by atoms with van der Waals surface area (Å²) in [6.07, 6.45) is -3.61. The highest BCUT2D eigenvalue weighted by molar-refractivity contribution is 5.90. The first kappa shape index (κ1) is 15.5. The number of anilines is 1. The molecule has 0 unspecified atom stereocenters. The average molecular weight is 275 g/mol. The molecular weight excluding hydrogens is 259 g/mol. The molecule has 1 N–H and O–H groups in total. The van der Waals surface area contributed by atoms with Gasteiger partial charge in [0, 0.05) is 5.69 Å². The lowest BCUT2D eigenvalue weighted by molar-refractivity contribution is -0.174. The predicted octanol–water partition coefficient (Wildman–Crippen LogP) is 3.16. The number of halogens is 3. The number of alkyl halides is 3. The predicted molar refractivity (Wildman–Crippen MR) is 65.9 cm³/mol. The zero-order valence-electron chi connectivity index (χ0n) is 10.6. The third-order valence-electron chi connectivity index (χ3n) is 2.36. The van der Waals surface area contributed by atoms with Crippen molar-refractivity contribution in [3.8, 4) is 0 Å². The van der Waals surface area contributed by atoms with Crippen LogP contribution in [0.3, 0.4) is 0 Å². The Morgan fingerprint density at radius 1 is 1.37 bits per heavy atom. The molecule has 0 atom stereocenters. The number of amides is 1. The van der Waals surface area contributed by atoms with Crippen molar-refractivity contribution < 1.29 is 22.7 Å². The highest BCUT2D eigenvalue weighted by Gasteiger charge is 2.27. The van der Waals surface area contributed by atoms with Crippen molar-refractivity contribution in [3.05, 3.63) is 29.8 Å². The van der Waals surface area contributed by atoms with Crippen LogP contribution in [0, 0.1) is 0 Å². The Hall–Kier alpha value is -1.56. The molecule has 0 aliphatic rings. The number of aryl methyl sites for hydroxylation is 1. The maximum atomic E-state index is 11.8. The highest BCUT2D eigenvalue weighted by atomic mass is 19.4. The standard InChI is InChI=1S/C13H16F3NO2/c1-2-10-4-3-5-11(8-10)17-12(18)6-7-19-9-13(14,15)16/h3-5,8H,2,6-7,9H2,1H3,(H,17,18). The number of hydrogen-bond donors (Lipinski definition) is 1. The van der Waals surface area contributed by atoms with Crippen LogP contribution in [-0.2, 0) is 16.0 Å². The van der Waals surface area contributed by atoms with Gasteiger partial charge in [0.05, 0.1) is 13.0 Å². The van der Waals surface area contributed by atoms with Crippen molar-refractivity contribution in [2.45, 2.75) is 25.9 Å². The smallest absolute Gasteiger partial charge is 0.372 e. The Morgan fingerprint density at radius 2 is 2.11 bits per heavy atom. The van der Waals surface area contributed by atoms with E-state index in [0.717, 1.165) is 12.0 Å². The first-order valence-electron chi connectivity index (χ1n) is 5.94. The number of hydrogen-bond acceptors (Lipinski definition) is 2. The van der Waals surface area contributed by atoms with E-state index in [4.69, 9.17) is 0 Å². The number of ether oxygens (including phenoxy) is 1. The van der Waals surface area contributed by atoms with Crippen LogP contribution in [0.4, 0.5) is 18.9 Å². The van der Waals surface area contributed by atoms with Gasteiger partial charge in [-0.3, -0.25) is 4.79 Å². The summed E-state index contributed by atoms with van der Waals surface area (Å²) in [4.78, 5) is 11.5. The Labute approximate surface area is 109 Å². The van der Waals surface area contributed by atoms with Gasteiger partial charge in [0.1, 0.15) is 6.61 Å². The van der Waals surface area contributed by atoms with Crippen LogP contribution in [0.1, 0.15) is 18.9 Å². The fourth-order valence-corrected chi connectivity index (χ4v) is 1.45. The van der Waals surface area contributed by atoms with E-state index in [1.54, 1.807) is 6.07 Å². The van der Waals surface area contributed by atoms with Gasteiger partial charge in [-0.15, -0.1) is 0 Å². The maximum Gasteiger partial charge on any atom is 0.411 e. The summed E-state index contributed by atoms with van der Waals surface area (Å²) in [7, 11) is 0. The van der Waals surface area contributed by atoms with Gasteiger partial charge in [-0.1, -0.05) is 19.1 Å². The summed E-state index contributed by atoms with van der Waals surface area (Å²) in [5.41, 5.74) is 1.71. The molecule has 106 valence electrons. The summed E-state index contributed by atoms with van der Waals surface area (Å²) in [5.74, 6) is -0.365. The molecule has 0 radical (unpaired) electrons. The average Bonchev–Trinajstić information content (AvgIpc) is 2.34. The van der Waals surface area contributed by atoms with Gasteiger partial charge in [0.25, 0.3) is 0 Å². The summed E-state index contributed by atoms with van der Waals surface area (Å²) < 4.78 is 39.7. The monoisotopic (exact) mass is 275 g/mol. The summed E-state index contributed by atoms with van der Waals surface area (Å²) in [5, 5.41) is 2.61. The summed E-state index contributed by atoms with van der Waals surface area (Å²) >= 11 is 0. The molecule has 0 aliphatic carbocycles. The van der Waals surface area contributed by atoms with Crippen LogP contribution >= 0.6 is 0 Å². The second-order valence-electron chi connectivity index (χ2n) is 4.02. The molecule has 0 aromatic heterocycles. The Bertz CT molecular complexity index is 419. The maximum absolute atomic E-state index is 11.8. The quantitative estimate of drug-likeness (QED) is 0.810. The van der Waals surface area contributed by atoms with Gasteiger partial charge in [0.15, 0.2) is 0 Å². The van der Waals surface area contributed by atoms with Gasteiger partial charge in [-0.05, 0) is 24.1 Å². The second kappa shape index (κ2) is 7.13. The van der Waals surface area contributed by atoms with Gasteiger partial charge in [0.2, 0.25) is 5.91 Å². The topological polar surface area (TPSA) is 38.3 Å². The van der Waals surface area contributed by atoms with Crippen molar-refractivity contribution in [2.24, 2.45) is 0 Å². The number of carbonyl (C=O) groups is 1. The molecule has 1 amide bonds. The zero-order chi connectivity index (χ0) is 14.3. The molecule has 0 saturated heterocycles. The van der Waals surface area contributed by atoms with Crippen molar-refractivity contribution in [2.75, 3.05) is 18.5 Å². The van der Waals surface area contributed by atoms with Crippen molar-refractivity contribution in [3.63, 3.8) is 0 Å². The van der Waals surface area contributed by atoms with Crippen molar-refractivity contribution in [1.82, 2.24) is 0 Å². The van der Waals surface area contributed by atoms with E-state index in [9.17, 15) is 18.0 Å². The SMILES string of the molecule is CCc1cccc(NC(=O)CCOCC(F)(F)F)c1. The molecule has 0 spiro atoms. The minimum absolute atomic E-state index is 0.105. The van der Waals surface area contributed by atoms with Gasteiger partial charge >= 0.3 is 6.18 Å². The van der Waals surface area contributed by atoms with E-state index in [-0.39, 0.29) is 18.9 Å². The van der Waals surface area contributed by atoms with E-state index in [1.165, 1.54) is 0 Å². The Morgan fingerprint density at radius 3 is 2.74 bits per heavy atom. The normalized spacial score (nSPS) is 11.4. The fourth-order valence-electron chi connectivity index (χ4n) is 1.45. The molecule has 0 bridgehead atoms. The molecular formula is C13H16F3NO2. The number of carbonyl (C=O) groups excluding carboxylic acids is 1. The Kier molecular flexibility index (Phi) is 5.82. The van der Waals surface area contributed by atoms with E-state index in [2.05, 4.69) is 10.1 Å².